The zero-order valence-electron chi connectivity index (χ0n) is 8.78. The SMILES string of the molecule is CCC(CCN)S(=O)c1ccccc1Cl. The summed E-state index contributed by atoms with van der Waals surface area (Å²) in [6.07, 6.45) is 1.63. The molecule has 0 bridgehead atoms. The van der Waals surface area contributed by atoms with Crippen molar-refractivity contribution in [2.45, 2.75) is 29.9 Å². The minimum atomic E-state index is -1.04. The van der Waals surface area contributed by atoms with E-state index >= 15 is 0 Å². The van der Waals surface area contributed by atoms with Gasteiger partial charge in [0.15, 0.2) is 0 Å². The molecule has 0 saturated carbocycles. The standard InChI is InChI=1S/C11H16ClNOS/c1-2-9(7-8-13)15(14)11-6-4-3-5-10(11)12/h3-6,9H,2,7-8,13H2,1H3. The van der Waals surface area contributed by atoms with Gasteiger partial charge >= 0.3 is 0 Å². The lowest BCUT2D eigenvalue weighted by molar-refractivity contribution is 0.650. The molecular weight excluding hydrogens is 230 g/mol. The molecule has 0 heterocycles. The average molecular weight is 246 g/mol. The zero-order chi connectivity index (χ0) is 11.3. The normalized spacial score (nSPS) is 14.9. The van der Waals surface area contributed by atoms with Gasteiger partial charge in [0.1, 0.15) is 0 Å². The van der Waals surface area contributed by atoms with Crippen LogP contribution in [0.3, 0.4) is 0 Å². The molecule has 4 heteroatoms. The molecule has 2 atom stereocenters. The number of benzene rings is 1. The second-order valence-corrected chi connectivity index (χ2v) is 5.44. The van der Waals surface area contributed by atoms with Crippen LogP contribution in [0.2, 0.25) is 5.02 Å². The summed E-state index contributed by atoms with van der Waals surface area (Å²) >= 11 is 6.00. The van der Waals surface area contributed by atoms with Crippen LogP contribution in [0.1, 0.15) is 19.8 Å². The summed E-state index contributed by atoms with van der Waals surface area (Å²) in [5, 5.41) is 0.682. The molecule has 0 amide bonds. The quantitative estimate of drug-likeness (QED) is 0.867. The summed E-state index contributed by atoms with van der Waals surface area (Å²) < 4.78 is 12.2. The Balaban J connectivity index is 2.88. The molecule has 2 nitrogen and oxygen atoms in total. The molecule has 1 rings (SSSR count). The van der Waals surface area contributed by atoms with Gasteiger partial charge < -0.3 is 5.73 Å². The molecule has 15 heavy (non-hydrogen) atoms. The molecule has 2 N–H and O–H groups in total. The number of hydrogen-bond acceptors (Lipinski definition) is 2. The fourth-order valence-electron chi connectivity index (χ4n) is 1.44. The van der Waals surface area contributed by atoms with E-state index in [1.165, 1.54) is 0 Å². The van der Waals surface area contributed by atoms with E-state index in [1.807, 2.05) is 25.1 Å². The average Bonchev–Trinajstić information content (AvgIpc) is 2.25. The highest BCUT2D eigenvalue weighted by molar-refractivity contribution is 7.85. The number of rotatable bonds is 5. The van der Waals surface area contributed by atoms with Gasteiger partial charge in [-0.3, -0.25) is 4.21 Å². The van der Waals surface area contributed by atoms with E-state index in [9.17, 15) is 4.21 Å². The Morgan fingerprint density at radius 2 is 2.13 bits per heavy atom. The molecular formula is C11H16ClNOS. The van der Waals surface area contributed by atoms with Crippen molar-refractivity contribution in [2.24, 2.45) is 5.73 Å². The Morgan fingerprint density at radius 1 is 1.47 bits per heavy atom. The number of hydrogen-bond donors (Lipinski definition) is 1. The smallest absolute Gasteiger partial charge is 0.0577 e. The first kappa shape index (κ1) is 12.7. The summed E-state index contributed by atoms with van der Waals surface area (Å²) in [5.41, 5.74) is 5.49. The summed E-state index contributed by atoms with van der Waals surface area (Å²) in [6.45, 7) is 2.59. The van der Waals surface area contributed by atoms with Crippen LogP contribution in [0.4, 0.5) is 0 Å². The fraction of sp³-hybridized carbons (Fsp3) is 0.455. The van der Waals surface area contributed by atoms with E-state index in [1.54, 1.807) is 6.07 Å². The lowest BCUT2D eigenvalue weighted by atomic mass is 10.2. The maximum atomic E-state index is 12.2. The Morgan fingerprint density at radius 3 is 2.67 bits per heavy atom. The number of halogens is 1. The molecule has 0 fully saturated rings. The molecule has 2 unspecified atom stereocenters. The highest BCUT2D eigenvalue weighted by Gasteiger charge is 2.17. The van der Waals surface area contributed by atoms with Gasteiger partial charge in [-0.25, -0.2) is 0 Å². The first-order valence-electron chi connectivity index (χ1n) is 5.05. The van der Waals surface area contributed by atoms with Gasteiger partial charge in [0.05, 0.1) is 20.7 Å². The van der Waals surface area contributed by atoms with Crippen LogP contribution in [-0.2, 0) is 10.8 Å². The van der Waals surface area contributed by atoms with Gasteiger partial charge in [0.2, 0.25) is 0 Å². The first-order chi connectivity index (χ1) is 7.20. The fourth-order valence-corrected chi connectivity index (χ4v) is 3.28. The van der Waals surface area contributed by atoms with E-state index in [0.717, 1.165) is 17.7 Å². The Bertz CT molecular complexity index is 343. The van der Waals surface area contributed by atoms with Gasteiger partial charge in [0, 0.05) is 5.25 Å². The van der Waals surface area contributed by atoms with Gasteiger partial charge in [-0.15, -0.1) is 0 Å². The van der Waals surface area contributed by atoms with Crippen LogP contribution >= 0.6 is 11.6 Å². The minimum Gasteiger partial charge on any atom is -0.330 e. The van der Waals surface area contributed by atoms with Gasteiger partial charge in [-0.1, -0.05) is 30.7 Å². The van der Waals surface area contributed by atoms with Crippen molar-refractivity contribution < 1.29 is 4.21 Å². The Kier molecular flexibility index (Phi) is 5.29. The summed E-state index contributed by atoms with van der Waals surface area (Å²) in [7, 11) is -1.04. The van der Waals surface area contributed by atoms with Crippen molar-refractivity contribution in [3.63, 3.8) is 0 Å². The molecule has 0 aliphatic rings. The third kappa shape index (κ3) is 3.30. The predicted octanol–water partition coefficient (Wildman–Crippen LogP) is 2.58. The molecule has 0 aromatic heterocycles. The van der Waals surface area contributed by atoms with Crippen LogP contribution in [0, 0.1) is 0 Å². The molecule has 1 aromatic rings. The molecule has 0 aliphatic carbocycles. The predicted molar refractivity (Wildman–Crippen MR) is 65.6 cm³/mol. The van der Waals surface area contributed by atoms with Crippen LogP contribution in [0.25, 0.3) is 0 Å². The van der Waals surface area contributed by atoms with Crippen LogP contribution in [0.5, 0.6) is 0 Å². The highest BCUT2D eigenvalue weighted by atomic mass is 35.5. The van der Waals surface area contributed by atoms with Crippen LogP contribution in [-0.4, -0.2) is 16.0 Å². The Hall–Kier alpha value is -0.380. The molecule has 84 valence electrons. The lowest BCUT2D eigenvalue weighted by Crippen LogP contribution is -2.19. The topological polar surface area (TPSA) is 43.1 Å². The van der Waals surface area contributed by atoms with E-state index in [0.29, 0.717) is 11.6 Å². The second kappa shape index (κ2) is 6.26. The minimum absolute atomic E-state index is 0.106. The molecule has 0 saturated heterocycles. The van der Waals surface area contributed by atoms with E-state index in [4.69, 9.17) is 17.3 Å². The van der Waals surface area contributed by atoms with Gasteiger partial charge in [-0.05, 0) is 31.5 Å². The van der Waals surface area contributed by atoms with Crippen LogP contribution in [0.15, 0.2) is 29.2 Å². The van der Waals surface area contributed by atoms with Crippen molar-refractivity contribution in [3.8, 4) is 0 Å². The van der Waals surface area contributed by atoms with Gasteiger partial charge in [0.25, 0.3) is 0 Å². The first-order valence-corrected chi connectivity index (χ1v) is 6.65. The third-order valence-corrected chi connectivity index (χ3v) is 4.71. The van der Waals surface area contributed by atoms with Crippen LogP contribution < -0.4 is 5.73 Å². The largest absolute Gasteiger partial charge is 0.330 e. The van der Waals surface area contributed by atoms with E-state index in [2.05, 4.69) is 0 Å². The zero-order valence-corrected chi connectivity index (χ0v) is 10.4. The Labute approximate surface area is 98.3 Å². The molecule has 1 aromatic carbocycles. The van der Waals surface area contributed by atoms with Crippen molar-refractivity contribution in [1.29, 1.82) is 0 Å². The van der Waals surface area contributed by atoms with E-state index in [-0.39, 0.29) is 5.25 Å². The number of nitrogens with two attached hydrogens (primary N) is 1. The summed E-state index contributed by atoms with van der Waals surface area (Å²) in [6, 6.07) is 7.28. The van der Waals surface area contributed by atoms with Crippen molar-refractivity contribution in [3.05, 3.63) is 29.3 Å². The summed E-state index contributed by atoms with van der Waals surface area (Å²) in [4.78, 5) is 0.722. The molecule has 0 aliphatic heterocycles. The maximum absolute atomic E-state index is 12.2. The third-order valence-electron chi connectivity index (χ3n) is 2.30. The van der Waals surface area contributed by atoms with Gasteiger partial charge in [-0.2, -0.15) is 0 Å². The van der Waals surface area contributed by atoms with E-state index < -0.39 is 10.8 Å². The molecule has 0 radical (unpaired) electrons. The second-order valence-electron chi connectivity index (χ2n) is 3.34. The lowest BCUT2D eigenvalue weighted by Gasteiger charge is -2.14. The van der Waals surface area contributed by atoms with Crippen molar-refractivity contribution >= 4 is 22.4 Å². The monoisotopic (exact) mass is 245 g/mol. The molecule has 0 spiro atoms. The summed E-state index contributed by atoms with van der Waals surface area (Å²) in [5.74, 6) is 0. The maximum Gasteiger partial charge on any atom is 0.0577 e. The van der Waals surface area contributed by atoms with Crippen molar-refractivity contribution in [2.75, 3.05) is 6.54 Å². The van der Waals surface area contributed by atoms with Crippen molar-refractivity contribution in [1.82, 2.24) is 0 Å². The highest BCUT2D eigenvalue weighted by Crippen LogP contribution is 2.23.